The number of aliphatic hydroxyl groups excluding tert-OH is 1. The molecule has 59 valence electrons. The molecule has 0 aliphatic heterocycles. The number of rotatable bonds is 1. The van der Waals surface area contributed by atoms with Crippen molar-refractivity contribution in [3.63, 3.8) is 0 Å². The zero-order valence-corrected chi connectivity index (χ0v) is 7.31. The van der Waals surface area contributed by atoms with Crippen LogP contribution in [0.2, 0.25) is 5.02 Å². The maximum Gasteiger partial charge on any atom is 0.121 e. The molecule has 0 heterocycles. The van der Waals surface area contributed by atoms with E-state index in [-0.39, 0.29) is 6.10 Å². The van der Waals surface area contributed by atoms with E-state index < -0.39 is 0 Å². The van der Waals surface area contributed by atoms with Crippen LogP contribution in [0.15, 0.2) is 18.2 Å². The largest absolute Gasteiger partial charge is 0.382 e. The Hall–Kier alpha value is -0.530. The number of halogens is 1. The van der Waals surface area contributed by atoms with Crippen LogP contribution in [-0.4, -0.2) is 5.11 Å². The summed E-state index contributed by atoms with van der Waals surface area (Å²) in [5, 5.41) is 9.79. The van der Waals surface area contributed by atoms with E-state index >= 15 is 0 Å². The van der Waals surface area contributed by atoms with Crippen molar-refractivity contribution in [1.82, 2.24) is 0 Å². The Kier molecular flexibility index (Phi) is 2.53. The highest BCUT2D eigenvalue weighted by atomic mass is 35.5. The Morgan fingerprint density at radius 2 is 2.09 bits per heavy atom. The van der Waals surface area contributed by atoms with Crippen LogP contribution in [0.3, 0.4) is 0 Å². The van der Waals surface area contributed by atoms with Crippen LogP contribution in [0, 0.1) is 13.0 Å². The summed E-state index contributed by atoms with van der Waals surface area (Å²) in [5.41, 5.74) is 1.70. The van der Waals surface area contributed by atoms with E-state index in [0.717, 1.165) is 5.56 Å². The van der Waals surface area contributed by atoms with E-state index in [0.29, 0.717) is 10.6 Å². The molecule has 0 spiro atoms. The van der Waals surface area contributed by atoms with Crippen molar-refractivity contribution in [2.24, 2.45) is 0 Å². The number of aliphatic hydroxyl groups is 1. The first kappa shape index (κ1) is 8.57. The van der Waals surface area contributed by atoms with Gasteiger partial charge in [0.25, 0.3) is 0 Å². The summed E-state index contributed by atoms with van der Waals surface area (Å²) in [4.78, 5) is 0. The minimum atomic E-state index is 0.263. The van der Waals surface area contributed by atoms with Gasteiger partial charge < -0.3 is 5.11 Å². The van der Waals surface area contributed by atoms with Crippen molar-refractivity contribution in [2.75, 3.05) is 0 Å². The summed E-state index contributed by atoms with van der Waals surface area (Å²) in [6.07, 6.45) is 0.263. The lowest BCUT2D eigenvalue weighted by atomic mass is 10.1. The van der Waals surface area contributed by atoms with E-state index in [1.165, 1.54) is 0 Å². The summed E-state index contributed by atoms with van der Waals surface area (Å²) in [6.45, 7) is 3.54. The van der Waals surface area contributed by atoms with Gasteiger partial charge in [0, 0.05) is 10.6 Å². The predicted octanol–water partition coefficient (Wildman–Crippen LogP) is 2.92. The standard InChI is InChI=1S/C9H10ClO/c1-6-4-3-5-8(7(2)11)9(6)10/h3-5,11H,1-2H3. The molecule has 0 fully saturated rings. The molecular formula is C9H10ClO. The highest BCUT2D eigenvalue weighted by Gasteiger charge is 2.07. The quantitative estimate of drug-likeness (QED) is 0.686. The molecule has 1 rings (SSSR count). The van der Waals surface area contributed by atoms with Gasteiger partial charge in [0.05, 0.1) is 0 Å². The summed E-state index contributed by atoms with van der Waals surface area (Å²) < 4.78 is 0. The average molecular weight is 170 g/mol. The van der Waals surface area contributed by atoms with Gasteiger partial charge in [0.2, 0.25) is 0 Å². The first-order valence-corrected chi connectivity index (χ1v) is 3.78. The number of hydrogen-bond donors (Lipinski definition) is 1. The summed E-state index contributed by atoms with van der Waals surface area (Å²) >= 11 is 5.91. The van der Waals surface area contributed by atoms with Gasteiger partial charge >= 0.3 is 0 Å². The Morgan fingerprint density at radius 3 is 2.55 bits per heavy atom. The average Bonchev–Trinajstić information content (AvgIpc) is 1.94. The van der Waals surface area contributed by atoms with Crippen molar-refractivity contribution in [2.45, 2.75) is 13.8 Å². The third-order valence-electron chi connectivity index (χ3n) is 1.58. The minimum Gasteiger partial charge on any atom is -0.382 e. The molecule has 11 heavy (non-hydrogen) atoms. The van der Waals surface area contributed by atoms with Crippen LogP contribution in [0.1, 0.15) is 18.1 Å². The molecule has 0 unspecified atom stereocenters. The molecule has 0 aliphatic rings. The number of hydrogen-bond acceptors (Lipinski definition) is 1. The fraction of sp³-hybridized carbons (Fsp3) is 0.222. The maximum absolute atomic E-state index is 9.16. The smallest absolute Gasteiger partial charge is 0.121 e. The molecule has 0 amide bonds. The summed E-state index contributed by atoms with van der Waals surface area (Å²) in [6, 6.07) is 5.58. The van der Waals surface area contributed by atoms with Gasteiger partial charge in [-0.25, -0.2) is 0 Å². The van der Waals surface area contributed by atoms with E-state index in [4.69, 9.17) is 16.7 Å². The molecule has 0 saturated heterocycles. The lowest BCUT2D eigenvalue weighted by Crippen LogP contribution is -1.93. The van der Waals surface area contributed by atoms with E-state index in [1.807, 2.05) is 19.1 Å². The Balaban J connectivity index is 3.17. The molecular weight excluding hydrogens is 160 g/mol. The van der Waals surface area contributed by atoms with Crippen LogP contribution >= 0.6 is 11.6 Å². The third-order valence-corrected chi connectivity index (χ3v) is 2.08. The fourth-order valence-electron chi connectivity index (χ4n) is 0.927. The second kappa shape index (κ2) is 3.24. The molecule has 0 saturated carbocycles. The van der Waals surface area contributed by atoms with E-state index in [9.17, 15) is 0 Å². The van der Waals surface area contributed by atoms with Crippen LogP contribution in [0.5, 0.6) is 0 Å². The molecule has 1 N–H and O–H groups in total. The molecule has 0 aliphatic carbocycles. The van der Waals surface area contributed by atoms with Gasteiger partial charge in [-0.3, -0.25) is 0 Å². The molecule has 1 nitrogen and oxygen atoms in total. The van der Waals surface area contributed by atoms with Gasteiger partial charge in [-0.05, 0) is 19.4 Å². The topological polar surface area (TPSA) is 20.2 Å². The van der Waals surface area contributed by atoms with Crippen LogP contribution in [0.25, 0.3) is 0 Å². The molecule has 0 aromatic heterocycles. The number of aryl methyl sites for hydroxylation is 1. The predicted molar refractivity (Wildman–Crippen MR) is 46.1 cm³/mol. The second-order valence-electron chi connectivity index (χ2n) is 2.52. The molecule has 2 heteroatoms. The second-order valence-corrected chi connectivity index (χ2v) is 2.90. The van der Waals surface area contributed by atoms with Gasteiger partial charge in [-0.15, -0.1) is 0 Å². The molecule has 1 aromatic rings. The zero-order chi connectivity index (χ0) is 8.43. The highest BCUT2D eigenvalue weighted by molar-refractivity contribution is 6.32. The van der Waals surface area contributed by atoms with Gasteiger partial charge in [0.1, 0.15) is 6.10 Å². The zero-order valence-electron chi connectivity index (χ0n) is 6.56. The monoisotopic (exact) mass is 169 g/mol. The van der Waals surface area contributed by atoms with Crippen LogP contribution < -0.4 is 0 Å². The minimum absolute atomic E-state index is 0.263. The van der Waals surface area contributed by atoms with Gasteiger partial charge in [-0.1, -0.05) is 29.8 Å². The SMILES string of the molecule is C[C](O)c1cccc(C)c1Cl. The third kappa shape index (κ3) is 1.73. The Labute approximate surface area is 71.6 Å². The van der Waals surface area contributed by atoms with Gasteiger partial charge in [-0.2, -0.15) is 0 Å². The van der Waals surface area contributed by atoms with Crippen molar-refractivity contribution in [3.8, 4) is 0 Å². The molecule has 1 radical (unpaired) electrons. The van der Waals surface area contributed by atoms with Crippen molar-refractivity contribution < 1.29 is 5.11 Å². The van der Waals surface area contributed by atoms with Crippen LogP contribution in [0.4, 0.5) is 0 Å². The lowest BCUT2D eigenvalue weighted by Gasteiger charge is -2.07. The summed E-state index contributed by atoms with van der Waals surface area (Å²) in [7, 11) is 0. The molecule has 1 aromatic carbocycles. The first-order valence-electron chi connectivity index (χ1n) is 3.41. The molecule has 0 bridgehead atoms. The Morgan fingerprint density at radius 1 is 1.45 bits per heavy atom. The first-order chi connectivity index (χ1) is 5.13. The number of benzene rings is 1. The normalized spacial score (nSPS) is 10.6. The lowest BCUT2D eigenvalue weighted by molar-refractivity contribution is 0.341. The Bertz CT molecular complexity index is 256. The van der Waals surface area contributed by atoms with E-state index in [2.05, 4.69) is 0 Å². The van der Waals surface area contributed by atoms with Crippen molar-refractivity contribution in [3.05, 3.63) is 40.5 Å². The van der Waals surface area contributed by atoms with Gasteiger partial charge in [0.15, 0.2) is 0 Å². The highest BCUT2D eigenvalue weighted by Crippen LogP contribution is 2.24. The maximum atomic E-state index is 9.16. The summed E-state index contributed by atoms with van der Waals surface area (Å²) in [5.74, 6) is 0. The van der Waals surface area contributed by atoms with Crippen LogP contribution in [-0.2, 0) is 0 Å². The fourth-order valence-corrected chi connectivity index (χ4v) is 1.19. The molecule has 0 atom stereocenters. The van der Waals surface area contributed by atoms with Crippen molar-refractivity contribution >= 4 is 11.6 Å². The van der Waals surface area contributed by atoms with Crippen molar-refractivity contribution in [1.29, 1.82) is 0 Å². The van der Waals surface area contributed by atoms with E-state index in [1.54, 1.807) is 13.0 Å².